The standard InChI is InChI=1S/C14H18ClN5/c1-14(2,3)13-18-11(8-12(19-13)20-16)17-10-7-5-4-6-9(10)15/h4-8H,16H2,1-3H3,(H2,17,18,19,20). The van der Waals surface area contributed by atoms with Crippen LogP contribution in [0.5, 0.6) is 0 Å². The summed E-state index contributed by atoms with van der Waals surface area (Å²) in [5.74, 6) is 7.36. The molecule has 4 N–H and O–H groups in total. The van der Waals surface area contributed by atoms with Gasteiger partial charge in [-0.05, 0) is 12.1 Å². The Kier molecular flexibility index (Phi) is 4.11. The van der Waals surface area contributed by atoms with Crippen LogP contribution in [0.2, 0.25) is 5.02 Å². The summed E-state index contributed by atoms with van der Waals surface area (Å²) in [6.07, 6.45) is 0. The number of nitrogen functional groups attached to an aromatic ring is 1. The van der Waals surface area contributed by atoms with Crippen LogP contribution in [0.4, 0.5) is 17.3 Å². The number of hydrogen-bond donors (Lipinski definition) is 3. The third kappa shape index (κ3) is 3.37. The Hall–Kier alpha value is -1.85. The minimum atomic E-state index is -0.177. The van der Waals surface area contributed by atoms with E-state index in [1.165, 1.54) is 0 Å². The number of hydrazine groups is 1. The van der Waals surface area contributed by atoms with Crippen LogP contribution >= 0.6 is 11.6 Å². The molecule has 0 saturated heterocycles. The van der Waals surface area contributed by atoms with Gasteiger partial charge >= 0.3 is 0 Å². The summed E-state index contributed by atoms with van der Waals surface area (Å²) in [6.45, 7) is 6.13. The zero-order valence-electron chi connectivity index (χ0n) is 11.7. The van der Waals surface area contributed by atoms with Crippen molar-refractivity contribution in [2.24, 2.45) is 5.84 Å². The van der Waals surface area contributed by atoms with Gasteiger partial charge in [-0.25, -0.2) is 15.8 Å². The van der Waals surface area contributed by atoms with Gasteiger partial charge in [0, 0.05) is 11.5 Å². The largest absolute Gasteiger partial charge is 0.339 e. The van der Waals surface area contributed by atoms with E-state index >= 15 is 0 Å². The average Bonchev–Trinajstić information content (AvgIpc) is 2.40. The van der Waals surface area contributed by atoms with E-state index in [-0.39, 0.29) is 5.41 Å². The molecular weight excluding hydrogens is 274 g/mol. The van der Waals surface area contributed by atoms with Crippen molar-refractivity contribution < 1.29 is 0 Å². The SMILES string of the molecule is CC(C)(C)c1nc(NN)cc(Nc2ccccc2Cl)n1. The molecule has 6 heteroatoms. The highest BCUT2D eigenvalue weighted by Gasteiger charge is 2.19. The van der Waals surface area contributed by atoms with Crippen LogP contribution in [0.25, 0.3) is 0 Å². The molecular formula is C14H18ClN5. The zero-order chi connectivity index (χ0) is 14.8. The summed E-state index contributed by atoms with van der Waals surface area (Å²) in [5.41, 5.74) is 3.17. The fourth-order valence-electron chi connectivity index (χ4n) is 1.62. The van der Waals surface area contributed by atoms with Gasteiger partial charge in [-0.2, -0.15) is 0 Å². The van der Waals surface area contributed by atoms with Gasteiger partial charge in [-0.15, -0.1) is 0 Å². The van der Waals surface area contributed by atoms with Crippen molar-refractivity contribution in [3.63, 3.8) is 0 Å². The molecule has 1 aromatic carbocycles. The van der Waals surface area contributed by atoms with E-state index in [9.17, 15) is 0 Å². The lowest BCUT2D eigenvalue weighted by Crippen LogP contribution is -2.19. The maximum absolute atomic E-state index is 6.13. The monoisotopic (exact) mass is 291 g/mol. The van der Waals surface area contributed by atoms with Crippen LogP contribution in [-0.4, -0.2) is 9.97 Å². The van der Waals surface area contributed by atoms with Gasteiger partial charge in [-0.3, -0.25) is 0 Å². The van der Waals surface area contributed by atoms with E-state index in [0.717, 1.165) is 5.69 Å². The van der Waals surface area contributed by atoms with E-state index in [1.54, 1.807) is 6.07 Å². The Morgan fingerprint density at radius 1 is 1.10 bits per heavy atom. The minimum Gasteiger partial charge on any atom is -0.339 e. The van der Waals surface area contributed by atoms with Gasteiger partial charge in [0.25, 0.3) is 0 Å². The van der Waals surface area contributed by atoms with Gasteiger partial charge in [0.15, 0.2) is 0 Å². The smallest absolute Gasteiger partial charge is 0.145 e. The molecule has 0 bridgehead atoms. The first-order valence-corrected chi connectivity index (χ1v) is 6.65. The van der Waals surface area contributed by atoms with E-state index in [4.69, 9.17) is 17.4 Å². The van der Waals surface area contributed by atoms with E-state index in [0.29, 0.717) is 22.5 Å². The lowest BCUT2D eigenvalue weighted by atomic mass is 9.96. The van der Waals surface area contributed by atoms with Crippen LogP contribution in [-0.2, 0) is 5.41 Å². The number of aromatic nitrogens is 2. The van der Waals surface area contributed by atoms with Crippen molar-refractivity contribution in [3.8, 4) is 0 Å². The number of hydrogen-bond acceptors (Lipinski definition) is 5. The Morgan fingerprint density at radius 3 is 2.35 bits per heavy atom. The van der Waals surface area contributed by atoms with Gasteiger partial charge < -0.3 is 10.7 Å². The molecule has 0 spiro atoms. The van der Waals surface area contributed by atoms with E-state index < -0.39 is 0 Å². The number of benzene rings is 1. The summed E-state index contributed by atoms with van der Waals surface area (Å²) in [5, 5.41) is 3.81. The molecule has 0 saturated carbocycles. The molecule has 0 radical (unpaired) electrons. The highest BCUT2D eigenvalue weighted by atomic mass is 35.5. The molecule has 0 aliphatic rings. The van der Waals surface area contributed by atoms with Crippen molar-refractivity contribution in [3.05, 3.63) is 41.2 Å². The molecule has 0 fully saturated rings. The van der Waals surface area contributed by atoms with Crippen molar-refractivity contribution in [2.75, 3.05) is 10.7 Å². The number of nitrogens with one attached hydrogen (secondary N) is 2. The molecule has 0 aliphatic heterocycles. The molecule has 20 heavy (non-hydrogen) atoms. The fourth-order valence-corrected chi connectivity index (χ4v) is 1.80. The second kappa shape index (κ2) is 5.64. The van der Waals surface area contributed by atoms with Crippen LogP contribution in [0.15, 0.2) is 30.3 Å². The maximum Gasteiger partial charge on any atom is 0.145 e. The predicted octanol–water partition coefficient (Wildman–Crippen LogP) is 3.46. The van der Waals surface area contributed by atoms with Crippen molar-refractivity contribution in [1.29, 1.82) is 0 Å². The summed E-state index contributed by atoms with van der Waals surface area (Å²) in [7, 11) is 0. The molecule has 0 aliphatic carbocycles. The van der Waals surface area contributed by atoms with E-state index in [2.05, 4.69) is 20.7 Å². The van der Waals surface area contributed by atoms with E-state index in [1.807, 2.05) is 45.0 Å². The highest BCUT2D eigenvalue weighted by molar-refractivity contribution is 6.33. The zero-order valence-corrected chi connectivity index (χ0v) is 12.5. The Bertz CT molecular complexity index is 607. The number of anilines is 3. The minimum absolute atomic E-state index is 0.177. The van der Waals surface area contributed by atoms with Crippen LogP contribution in [0.3, 0.4) is 0 Å². The lowest BCUT2D eigenvalue weighted by Gasteiger charge is -2.19. The normalized spacial score (nSPS) is 11.2. The Balaban J connectivity index is 2.39. The molecule has 1 aromatic heterocycles. The first kappa shape index (κ1) is 14.6. The van der Waals surface area contributed by atoms with Crippen LogP contribution in [0.1, 0.15) is 26.6 Å². The number of nitrogens with zero attached hydrogens (tertiary/aromatic N) is 2. The number of nitrogens with two attached hydrogens (primary N) is 1. The topological polar surface area (TPSA) is 75.9 Å². The summed E-state index contributed by atoms with van der Waals surface area (Å²) in [6, 6.07) is 9.22. The van der Waals surface area contributed by atoms with Gasteiger partial charge in [0.2, 0.25) is 0 Å². The summed E-state index contributed by atoms with van der Waals surface area (Å²) >= 11 is 6.13. The lowest BCUT2D eigenvalue weighted by molar-refractivity contribution is 0.547. The fraction of sp³-hybridized carbons (Fsp3) is 0.286. The average molecular weight is 292 g/mol. The molecule has 2 aromatic rings. The first-order chi connectivity index (χ1) is 9.40. The maximum atomic E-state index is 6.13. The summed E-state index contributed by atoms with van der Waals surface area (Å²) < 4.78 is 0. The first-order valence-electron chi connectivity index (χ1n) is 6.28. The van der Waals surface area contributed by atoms with Gasteiger partial charge in [0.05, 0.1) is 10.7 Å². The number of halogens is 1. The number of rotatable bonds is 3. The quantitative estimate of drug-likeness (QED) is 0.596. The van der Waals surface area contributed by atoms with Crippen molar-refractivity contribution in [1.82, 2.24) is 9.97 Å². The number of para-hydroxylation sites is 1. The van der Waals surface area contributed by atoms with Crippen LogP contribution in [0, 0.1) is 0 Å². The Labute approximate surface area is 123 Å². The van der Waals surface area contributed by atoms with Gasteiger partial charge in [0.1, 0.15) is 17.5 Å². The molecule has 2 rings (SSSR count). The van der Waals surface area contributed by atoms with Crippen LogP contribution < -0.4 is 16.6 Å². The highest BCUT2D eigenvalue weighted by Crippen LogP contribution is 2.27. The van der Waals surface area contributed by atoms with Crippen molar-refractivity contribution in [2.45, 2.75) is 26.2 Å². The molecule has 0 atom stereocenters. The Morgan fingerprint density at radius 2 is 1.75 bits per heavy atom. The molecule has 1 heterocycles. The second-order valence-electron chi connectivity index (χ2n) is 5.46. The van der Waals surface area contributed by atoms with Gasteiger partial charge in [-0.1, -0.05) is 44.5 Å². The third-order valence-corrected chi connectivity index (χ3v) is 3.01. The second-order valence-corrected chi connectivity index (χ2v) is 5.87. The third-order valence-electron chi connectivity index (χ3n) is 2.68. The summed E-state index contributed by atoms with van der Waals surface area (Å²) in [4.78, 5) is 8.88. The molecule has 5 nitrogen and oxygen atoms in total. The van der Waals surface area contributed by atoms with Crippen molar-refractivity contribution >= 4 is 28.9 Å². The molecule has 0 unspecified atom stereocenters. The molecule has 106 valence electrons. The predicted molar refractivity (Wildman–Crippen MR) is 83.3 cm³/mol. The molecule has 0 amide bonds.